The molecular formula is C18H20Cl2N4OS. The number of aryl methyl sites for hydroxylation is 1. The number of piperazine rings is 1. The van der Waals surface area contributed by atoms with Crippen molar-refractivity contribution < 1.29 is 4.79 Å². The molecule has 1 aromatic carbocycles. The molecule has 1 fully saturated rings. The maximum absolute atomic E-state index is 12.9. The lowest BCUT2D eigenvalue weighted by molar-refractivity contribution is 0.0661. The van der Waals surface area contributed by atoms with Gasteiger partial charge >= 0.3 is 0 Å². The van der Waals surface area contributed by atoms with Crippen LogP contribution in [0.3, 0.4) is 0 Å². The van der Waals surface area contributed by atoms with Crippen molar-refractivity contribution >= 4 is 51.5 Å². The molecule has 5 nitrogen and oxygen atoms in total. The SMILES string of the molecule is Cc1nn(-c2cccc(Cl)c2)c2sc(C(=O)N3CCNC[C@@H]3C)cc12.Cl. The van der Waals surface area contributed by atoms with Crippen molar-refractivity contribution in [3.05, 3.63) is 45.9 Å². The molecule has 1 N–H and O–H groups in total. The number of nitrogens with one attached hydrogen (secondary N) is 1. The Labute approximate surface area is 167 Å². The van der Waals surface area contributed by atoms with Gasteiger partial charge < -0.3 is 10.2 Å². The van der Waals surface area contributed by atoms with E-state index in [4.69, 9.17) is 11.6 Å². The zero-order valence-corrected chi connectivity index (χ0v) is 16.9. The van der Waals surface area contributed by atoms with Crippen molar-refractivity contribution in [3.63, 3.8) is 0 Å². The van der Waals surface area contributed by atoms with Gasteiger partial charge in [-0.15, -0.1) is 23.7 Å². The molecule has 0 radical (unpaired) electrons. The molecule has 0 bridgehead atoms. The predicted octanol–water partition coefficient (Wildman–Crippen LogP) is 3.90. The quantitative estimate of drug-likeness (QED) is 0.696. The van der Waals surface area contributed by atoms with Gasteiger partial charge in [-0.2, -0.15) is 5.10 Å². The normalized spacial score (nSPS) is 17.3. The van der Waals surface area contributed by atoms with Crippen molar-refractivity contribution in [3.8, 4) is 5.69 Å². The van der Waals surface area contributed by atoms with Gasteiger partial charge in [0.2, 0.25) is 0 Å². The van der Waals surface area contributed by atoms with E-state index in [0.29, 0.717) is 5.02 Å². The largest absolute Gasteiger partial charge is 0.333 e. The molecule has 2 aromatic heterocycles. The van der Waals surface area contributed by atoms with Gasteiger partial charge in [-0.25, -0.2) is 4.68 Å². The molecule has 0 saturated carbocycles. The van der Waals surface area contributed by atoms with E-state index in [9.17, 15) is 4.79 Å². The third kappa shape index (κ3) is 3.34. The Kier molecular flexibility index (Phi) is 5.58. The van der Waals surface area contributed by atoms with Gasteiger partial charge in [0.25, 0.3) is 5.91 Å². The van der Waals surface area contributed by atoms with Crippen molar-refractivity contribution in [1.29, 1.82) is 0 Å². The number of fused-ring (bicyclic) bond motifs is 1. The fourth-order valence-electron chi connectivity index (χ4n) is 3.22. The first-order valence-electron chi connectivity index (χ1n) is 8.31. The molecule has 0 spiro atoms. The van der Waals surface area contributed by atoms with Crippen LogP contribution < -0.4 is 5.32 Å². The highest BCUT2D eigenvalue weighted by Crippen LogP contribution is 2.32. The van der Waals surface area contributed by atoms with Crippen LogP contribution in [0.4, 0.5) is 0 Å². The molecule has 0 aliphatic carbocycles. The summed E-state index contributed by atoms with van der Waals surface area (Å²) in [6, 6.07) is 9.78. The van der Waals surface area contributed by atoms with Gasteiger partial charge in [-0.05, 0) is 38.1 Å². The third-order valence-electron chi connectivity index (χ3n) is 4.57. The van der Waals surface area contributed by atoms with Gasteiger partial charge in [-0.1, -0.05) is 17.7 Å². The standard InChI is InChI=1S/C18H19ClN4OS.ClH/c1-11-10-20-6-7-22(11)17(24)16-9-15-12(2)21-23(18(15)25-16)14-5-3-4-13(19)8-14;/h3-5,8-9,11,20H,6-7,10H2,1-2H3;1H/t11-;/m0./s1. The molecule has 3 aromatic rings. The number of rotatable bonds is 2. The number of halogens is 2. The number of carbonyl (C=O) groups is 1. The summed E-state index contributed by atoms with van der Waals surface area (Å²) < 4.78 is 1.87. The Balaban J connectivity index is 0.00000196. The second kappa shape index (κ2) is 7.56. The van der Waals surface area contributed by atoms with Crippen LogP contribution >= 0.6 is 35.3 Å². The van der Waals surface area contributed by atoms with E-state index in [0.717, 1.165) is 46.1 Å². The molecule has 138 valence electrons. The lowest BCUT2D eigenvalue weighted by Gasteiger charge is -2.33. The fourth-order valence-corrected chi connectivity index (χ4v) is 4.54. The third-order valence-corrected chi connectivity index (χ3v) is 5.90. The summed E-state index contributed by atoms with van der Waals surface area (Å²) in [6.07, 6.45) is 0. The van der Waals surface area contributed by atoms with Gasteiger partial charge in [0.05, 0.1) is 16.3 Å². The molecular weight excluding hydrogens is 391 g/mol. The Morgan fingerprint density at radius 1 is 1.38 bits per heavy atom. The van der Waals surface area contributed by atoms with Crippen LogP contribution in [0.2, 0.25) is 5.02 Å². The number of hydrogen-bond acceptors (Lipinski definition) is 4. The summed E-state index contributed by atoms with van der Waals surface area (Å²) in [5.41, 5.74) is 1.82. The first kappa shape index (κ1) is 19.2. The topological polar surface area (TPSA) is 50.2 Å². The molecule has 0 unspecified atom stereocenters. The number of carbonyl (C=O) groups excluding carboxylic acids is 1. The van der Waals surface area contributed by atoms with Crippen molar-refractivity contribution in [1.82, 2.24) is 20.0 Å². The van der Waals surface area contributed by atoms with E-state index in [2.05, 4.69) is 17.3 Å². The van der Waals surface area contributed by atoms with Crippen LogP contribution in [0, 0.1) is 6.92 Å². The first-order chi connectivity index (χ1) is 12.0. The smallest absolute Gasteiger partial charge is 0.264 e. The summed E-state index contributed by atoms with van der Waals surface area (Å²) in [7, 11) is 0. The number of hydrogen-bond donors (Lipinski definition) is 1. The number of benzene rings is 1. The van der Waals surface area contributed by atoms with Crippen LogP contribution in [0.5, 0.6) is 0 Å². The highest BCUT2D eigenvalue weighted by atomic mass is 35.5. The van der Waals surface area contributed by atoms with E-state index in [1.54, 1.807) is 0 Å². The maximum Gasteiger partial charge on any atom is 0.264 e. The van der Waals surface area contributed by atoms with Crippen LogP contribution in [0.25, 0.3) is 15.9 Å². The van der Waals surface area contributed by atoms with E-state index in [-0.39, 0.29) is 24.4 Å². The molecule has 1 aliphatic rings. The monoisotopic (exact) mass is 410 g/mol. The fraction of sp³-hybridized carbons (Fsp3) is 0.333. The molecule has 8 heteroatoms. The van der Waals surface area contributed by atoms with Crippen LogP contribution in [0.1, 0.15) is 22.3 Å². The van der Waals surface area contributed by atoms with Gasteiger partial charge in [-0.3, -0.25) is 4.79 Å². The van der Waals surface area contributed by atoms with Crippen LogP contribution in [-0.2, 0) is 0 Å². The Bertz CT molecular complexity index is 952. The summed E-state index contributed by atoms with van der Waals surface area (Å²) in [4.78, 5) is 16.6. The summed E-state index contributed by atoms with van der Waals surface area (Å²) >= 11 is 7.62. The number of nitrogens with zero attached hydrogens (tertiary/aromatic N) is 3. The molecule has 3 heterocycles. The van der Waals surface area contributed by atoms with Crippen molar-refractivity contribution in [2.24, 2.45) is 0 Å². The van der Waals surface area contributed by atoms with E-state index < -0.39 is 0 Å². The number of amides is 1. The first-order valence-corrected chi connectivity index (χ1v) is 9.51. The second-order valence-corrected chi connectivity index (χ2v) is 7.83. The van der Waals surface area contributed by atoms with Crippen molar-refractivity contribution in [2.75, 3.05) is 19.6 Å². The van der Waals surface area contributed by atoms with Crippen LogP contribution in [-0.4, -0.2) is 46.3 Å². The summed E-state index contributed by atoms with van der Waals surface area (Å²) in [5.74, 6) is 0.104. The molecule has 4 rings (SSSR count). The molecule has 1 atom stereocenters. The van der Waals surface area contributed by atoms with E-state index in [1.807, 2.05) is 46.8 Å². The zero-order valence-electron chi connectivity index (χ0n) is 14.5. The number of aromatic nitrogens is 2. The molecule has 1 saturated heterocycles. The lowest BCUT2D eigenvalue weighted by Crippen LogP contribution is -2.52. The Hall–Kier alpha value is -1.60. The van der Waals surface area contributed by atoms with Crippen molar-refractivity contribution in [2.45, 2.75) is 19.9 Å². The van der Waals surface area contributed by atoms with Gasteiger partial charge in [0, 0.05) is 36.1 Å². The average Bonchev–Trinajstić information content (AvgIpc) is 3.16. The van der Waals surface area contributed by atoms with E-state index in [1.165, 1.54) is 11.3 Å². The van der Waals surface area contributed by atoms with Gasteiger partial charge in [0.1, 0.15) is 4.83 Å². The summed E-state index contributed by atoms with van der Waals surface area (Å²) in [5, 5.41) is 9.63. The molecule has 1 amide bonds. The minimum atomic E-state index is 0. The Morgan fingerprint density at radius 2 is 2.19 bits per heavy atom. The highest BCUT2D eigenvalue weighted by molar-refractivity contribution is 7.20. The lowest BCUT2D eigenvalue weighted by atomic mass is 10.2. The second-order valence-electron chi connectivity index (χ2n) is 6.36. The summed E-state index contributed by atoms with van der Waals surface area (Å²) in [6.45, 7) is 6.48. The maximum atomic E-state index is 12.9. The zero-order chi connectivity index (χ0) is 17.6. The minimum absolute atomic E-state index is 0. The predicted molar refractivity (Wildman–Crippen MR) is 109 cm³/mol. The van der Waals surface area contributed by atoms with Gasteiger partial charge in [0.15, 0.2) is 0 Å². The number of thiophene rings is 1. The molecule has 26 heavy (non-hydrogen) atoms. The average molecular weight is 411 g/mol. The molecule has 1 aliphatic heterocycles. The highest BCUT2D eigenvalue weighted by Gasteiger charge is 2.26. The van der Waals surface area contributed by atoms with E-state index >= 15 is 0 Å². The minimum Gasteiger partial charge on any atom is -0.333 e. The van der Waals surface area contributed by atoms with Crippen LogP contribution in [0.15, 0.2) is 30.3 Å². The Morgan fingerprint density at radius 3 is 2.92 bits per heavy atom.